The van der Waals surface area contributed by atoms with Crippen molar-refractivity contribution in [2.24, 2.45) is 5.41 Å². The summed E-state index contributed by atoms with van der Waals surface area (Å²) in [6, 6.07) is 9.42. The van der Waals surface area contributed by atoms with Crippen molar-refractivity contribution in [3.63, 3.8) is 0 Å². The van der Waals surface area contributed by atoms with E-state index in [9.17, 15) is 14.7 Å². The van der Waals surface area contributed by atoms with Gasteiger partial charge in [-0.3, -0.25) is 4.90 Å². The van der Waals surface area contributed by atoms with Crippen molar-refractivity contribution in [2.75, 3.05) is 0 Å². The lowest BCUT2D eigenvalue weighted by atomic mass is 9.55. The van der Waals surface area contributed by atoms with Crippen LogP contribution in [-0.4, -0.2) is 33.2 Å². The van der Waals surface area contributed by atoms with Gasteiger partial charge in [0.1, 0.15) is 11.1 Å². The first kappa shape index (κ1) is 18.3. The third-order valence-corrected chi connectivity index (χ3v) is 4.84. The Morgan fingerprint density at radius 2 is 1.75 bits per heavy atom. The van der Waals surface area contributed by atoms with E-state index in [1.807, 2.05) is 44.2 Å². The summed E-state index contributed by atoms with van der Waals surface area (Å²) in [7, 11) is 0. The number of carboxylic acid groups (broad SMARTS) is 1. The van der Waals surface area contributed by atoms with E-state index in [2.05, 4.69) is 0 Å². The van der Waals surface area contributed by atoms with Gasteiger partial charge in [-0.15, -0.1) is 0 Å². The smallest absolute Gasteiger partial charge is 0.411 e. The third kappa shape index (κ3) is 3.25. The van der Waals surface area contributed by atoms with Crippen LogP contribution in [0.1, 0.15) is 53.0 Å². The summed E-state index contributed by atoms with van der Waals surface area (Å²) < 4.78 is 5.52. The van der Waals surface area contributed by atoms with Crippen LogP contribution in [0.25, 0.3) is 0 Å². The lowest BCUT2D eigenvalue weighted by Gasteiger charge is -2.57. The summed E-state index contributed by atoms with van der Waals surface area (Å²) in [5.41, 5.74) is -1.55. The molecule has 1 aromatic carbocycles. The van der Waals surface area contributed by atoms with Crippen LogP contribution in [0.4, 0.5) is 4.79 Å². The maximum atomic E-state index is 12.8. The minimum atomic E-state index is -1.24. The monoisotopic (exact) mass is 333 g/mol. The number of ether oxygens (including phenoxy) is 1. The molecule has 2 rings (SSSR count). The number of carbonyl (C=O) groups excluding carboxylic acids is 1. The van der Waals surface area contributed by atoms with Gasteiger partial charge in [-0.05, 0) is 44.6 Å². The molecule has 0 aromatic heterocycles. The summed E-state index contributed by atoms with van der Waals surface area (Å²) in [6.45, 7) is 9.35. The summed E-state index contributed by atoms with van der Waals surface area (Å²) >= 11 is 0. The molecule has 1 unspecified atom stereocenters. The van der Waals surface area contributed by atoms with Crippen molar-refractivity contribution < 1.29 is 19.4 Å². The Bertz CT molecular complexity index is 618. The first-order valence-electron chi connectivity index (χ1n) is 8.27. The topological polar surface area (TPSA) is 66.8 Å². The Balaban J connectivity index is 2.42. The number of benzene rings is 1. The zero-order valence-electron chi connectivity index (χ0n) is 15.1. The quantitative estimate of drug-likeness (QED) is 0.902. The Morgan fingerprint density at radius 3 is 2.12 bits per heavy atom. The number of carbonyl (C=O) groups is 2. The number of amides is 1. The minimum absolute atomic E-state index is 0.214. The Labute approximate surface area is 143 Å². The number of aliphatic carboxylic acids is 1. The predicted octanol–water partition coefficient (Wildman–Crippen LogP) is 4.07. The second-order valence-corrected chi connectivity index (χ2v) is 8.10. The third-order valence-electron chi connectivity index (χ3n) is 4.84. The molecule has 132 valence electrons. The van der Waals surface area contributed by atoms with Crippen LogP contribution < -0.4 is 0 Å². The second-order valence-electron chi connectivity index (χ2n) is 8.10. The van der Waals surface area contributed by atoms with E-state index in [1.165, 1.54) is 4.90 Å². The highest BCUT2D eigenvalue weighted by Crippen LogP contribution is 2.54. The molecule has 1 N–H and O–H groups in total. The molecule has 0 saturated heterocycles. The summed E-state index contributed by atoms with van der Waals surface area (Å²) in [4.78, 5) is 26.4. The van der Waals surface area contributed by atoms with Crippen LogP contribution in [-0.2, 0) is 16.1 Å². The standard InChI is InChI=1S/C19H27NO4/c1-17(2,3)24-16(23)20(13-14-9-7-6-8-10-14)19(15(21)22)12-11-18(19,4)5/h6-10H,11-13H2,1-5H3,(H,21,22). The van der Waals surface area contributed by atoms with Gasteiger partial charge >= 0.3 is 12.1 Å². The van der Waals surface area contributed by atoms with Crippen LogP contribution in [0, 0.1) is 5.41 Å². The van der Waals surface area contributed by atoms with Crippen molar-refractivity contribution in [3.05, 3.63) is 35.9 Å². The van der Waals surface area contributed by atoms with E-state index in [0.29, 0.717) is 6.42 Å². The second kappa shape index (κ2) is 6.11. The van der Waals surface area contributed by atoms with Gasteiger partial charge in [-0.1, -0.05) is 44.2 Å². The van der Waals surface area contributed by atoms with Crippen LogP contribution in [0.5, 0.6) is 0 Å². The molecule has 1 aliphatic carbocycles. The molecule has 1 fully saturated rings. The minimum Gasteiger partial charge on any atom is -0.479 e. The van der Waals surface area contributed by atoms with Crippen molar-refractivity contribution in [1.29, 1.82) is 0 Å². The molecule has 1 amide bonds. The van der Waals surface area contributed by atoms with Crippen molar-refractivity contribution in [3.8, 4) is 0 Å². The summed E-state index contributed by atoms with van der Waals surface area (Å²) in [5, 5.41) is 9.97. The normalized spacial score (nSPS) is 22.4. The van der Waals surface area contributed by atoms with Gasteiger partial charge in [0, 0.05) is 0 Å². The van der Waals surface area contributed by atoms with Crippen LogP contribution in [0.2, 0.25) is 0 Å². The Morgan fingerprint density at radius 1 is 1.17 bits per heavy atom. The molecule has 1 aromatic rings. The molecule has 0 aliphatic heterocycles. The first-order valence-corrected chi connectivity index (χ1v) is 8.27. The Hall–Kier alpha value is -2.04. The molecule has 1 saturated carbocycles. The van der Waals surface area contributed by atoms with Crippen LogP contribution in [0.3, 0.4) is 0 Å². The van der Waals surface area contributed by atoms with Crippen molar-refractivity contribution in [2.45, 2.75) is 65.1 Å². The number of carboxylic acids is 1. The van der Waals surface area contributed by atoms with Crippen molar-refractivity contribution in [1.82, 2.24) is 4.90 Å². The molecular formula is C19H27NO4. The molecule has 1 aliphatic rings. The molecule has 24 heavy (non-hydrogen) atoms. The largest absolute Gasteiger partial charge is 0.479 e. The lowest BCUT2D eigenvalue weighted by molar-refractivity contribution is -0.177. The van der Waals surface area contributed by atoms with E-state index in [0.717, 1.165) is 12.0 Å². The van der Waals surface area contributed by atoms with Gasteiger partial charge < -0.3 is 9.84 Å². The van der Waals surface area contributed by atoms with Gasteiger partial charge in [0.15, 0.2) is 0 Å². The summed E-state index contributed by atoms with van der Waals surface area (Å²) in [6.07, 6.45) is 0.607. The van der Waals surface area contributed by atoms with Crippen LogP contribution >= 0.6 is 0 Å². The number of hydrogen-bond donors (Lipinski definition) is 1. The fourth-order valence-electron chi connectivity index (χ4n) is 3.31. The number of rotatable bonds is 4. The number of nitrogens with zero attached hydrogens (tertiary/aromatic N) is 1. The molecule has 1 atom stereocenters. The molecule has 0 heterocycles. The van der Waals surface area contributed by atoms with Gasteiger partial charge in [0.05, 0.1) is 6.54 Å². The van der Waals surface area contributed by atoms with Gasteiger partial charge in [-0.25, -0.2) is 9.59 Å². The highest BCUT2D eigenvalue weighted by molar-refractivity contribution is 5.87. The maximum Gasteiger partial charge on any atom is 0.411 e. The van der Waals surface area contributed by atoms with Crippen LogP contribution in [0.15, 0.2) is 30.3 Å². The lowest BCUT2D eigenvalue weighted by Crippen LogP contribution is -2.70. The predicted molar refractivity (Wildman–Crippen MR) is 91.6 cm³/mol. The van der Waals surface area contributed by atoms with Gasteiger partial charge in [0.2, 0.25) is 0 Å². The van der Waals surface area contributed by atoms with E-state index in [1.54, 1.807) is 20.8 Å². The van der Waals surface area contributed by atoms with E-state index in [-0.39, 0.29) is 6.54 Å². The van der Waals surface area contributed by atoms with Crippen molar-refractivity contribution >= 4 is 12.1 Å². The fraction of sp³-hybridized carbons (Fsp3) is 0.579. The van der Waals surface area contributed by atoms with E-state index in [4.69, 9.17) is 4.74 Å². The first-order chi connectivity index (χ1) is 11.0. The SMILES string of the molecule is CC(C)(C)OC(=O)N(Cc1ccccc1)C1(C(=O)O)CCC1(C)C. The van der Waals surface area contributed by atoms with Gasteiger partial charge in [-0.2, -0.15) is 0 Å². The maximum absolute atomic E-state index is 12.8. The number of hydrogen-bond acceptors (Lipinski definition) is 3. The average Bonchev–Trinajstić information content (AvgIpc) is 2.44. The highest BCUT2D eigenvalue weighted by atomic mass is 16.6. The zero-order chi connectivity index (χ0) is 18.2. The highest BCUT2D eigenvalue weighted by Gasteiger charge is 2.64. The molecule has 0 spiro atoms. The zero-order valence-corrected chi connectivity index (χ0v) is 15.1. The summed E-state index contributed by atoms with van der Waals surface area (Å²) in [5.74, 6) is -0.972. The average molecular weight is 333 g/mol. The fourth-order valence-corrected chi connectivity index (χ4v) is 3.31. The Kier molecular flexibility index (Phi) is 4.66. The van der Waals surface area contributed by atoms with E-state index >= 15 is 0 Å². The molecule has 0 bridgehead atoms. The molecular weight excluding hydrogens is 306 g/mol. The molecule has 0 radical (unpaired) electrons. The molecule has 5 nitrogen and oxygen atoms in total. The molecule has 5 heteroatoms. The van der Waals surface area contributed by atoms with E-state index < -0.39 is 28.6 Å². The van der Waals surface area contributed by atoms with Gasteiger partial charge in [0.25, 0.3) is 0 Å².